The van der Waals surface area contributed by atoms with Crippen LogP contribution in [0.4, 0.5) is 0 Å². The molecule has 1 aromatic rings. The van der Waals surface area contributed by atoms with Crippen molar-refractivity contribution in [2.24, 2.45) is 0 Å². The molecule has 0 aliphatic carbocycles. The van der Waals surface area contributed by atoms with Gasteiger partial charge in [0.1, 0.15) is 0 Å². The van der Waals surface area contributed by atoms with Gasteiger partial charge in [0.25, 0.3) is 0 Å². The lowest BCUT2D eigenvalue weighted by molar-refractivity contribution is 0.585. The summed E-state index contributed by atoms with van der Waals surface area (Å²) in [6.45, 7) is 5.37. The molecule has 0 radical (unpaired) electrons. The second-order valence-electron chi connectivity index (χ2n) is 3.43. The molecular formula is C11H11BrN2O2S. The van der Waals surface area contributed by atoms with E-state index in [4.69, 9.17) is 5.26 Å². The Balaban J connectivity index is 3.05. The van der Waals surface area contributed by atoms with Gasteiger partial charge in [-0.15, -0.1) is 0 Å². The number of rotatable bonds is 4. The molecule has 0 saturated carbocycles. The highest BCUT2D eigenvalue weighted by molar-refractivity contribution is 9.11. The van der Waals surface area contributed by atoms with Crippen LogP contribution < -0.4 is 4.72 Å². The zero-order valence-electron chi connectivity index (χ0n) is 9.20. The molecule has 1 rings (SSSR count). The first-order valence-electron chi connectivity index (χ1n) is 4.70. The molecule has 0 heterocycles. The van der Waals surface area contributed by atoms with Crippen LogP contribution in [0, 0.1) is 18.3 Å². The molecule has 4 nitrogen and oxygen atoms in total. The van der Waals surface area contributed by atoms with E-state index in [1.807, 2.05) is 6.07 Å². The van der Waals surface area contributed by atoms with Gasteiger partial charge in [0.05, 0.1) is 16.5 Å². The van der Waals surface area contributed by atoms with Crippen LogP contribution in [0.3, 0.4) is 0 Å². The minimum absolute atomic E-state index is 0.126. The van der Waals surface area contributed by atoms with Gasteiger partial charge in [-0.1, -0.05) is 22.5 Å². The number of nitrogens with zero attached hydrogens (tertiary/aromatic N) is 1. The predicted molar refractivity (Wildman–Crippen MR) is 69.1 cm³/mol. The fourth-order valence-electron chi connectivity index (χ4n) is 1.19. The van der Waals surface area contributed by atoms with E-state index in [0.29, 0.717) is 15.6 Å². The maximum atomic E-state index is 11.8. The summed E-state index contributed by atoms with van der Waals surface area (Å²) in [5, 5.41) is 8.76. The van der Waals surface area contributed by atoms with Crippen LogP contribution in [-0.4, -0.2) is 15.0 Å². The lowest BCUT2D eigenvalue weighted by atomic mass is 10.1. The van der Waals surface area contributed by atoms with E-state index in [0.717, 1.165) is 0 Å². The number of nitriles is 1. The number of aryl methyl sites for hydroxylation is 1. The summed E-state index contributed by atoms with van der Waals surface area (Å²) in [5.74, 6) is 0. The Morgan fingerprint density at radius 1 is 1.59 bits per heavy atom. The standard InChI is InChI=1S/C11H11BrN2O2S/c1-8-5-11(4-3-10(8)6-13)17(15,16)14-7-9(2)12/h3-5,14H,2,7H2,1H3. The van der Waals surface area contributed by atoms with Gasteiger partial charge >= 0.3 is 0 Å². The monoisotopic (exact) mass is 314 g/mol. The van der Waals surface area contributed by atoms with Gasteiger partial charge in [0.2, 0.25) is 10.0 Å². The highest BCUT2D eigenvalue weighted by Crippen LogP contribution is 2.15. The SMILES string of the molecule is C=C(Br)CNS(=O)(=O)c1ccc(C#N)c(C)c1. The van der Waals surface area contributed by atoms with E-state index in [9.17, 15) is 8.42 Å². The first-order chi connectivity index (χ1) is 7.86. The molecule has 0 aliphatic heterocycles. The van der Waals surface area contributed by atoms with Crippen LogP contribution in [0.5, 0.6) is 0 Å². The van der Waals surface area contributed by atoms with Crippen LogP contribution in [0.1, 0.15) is 11.1 Å². The maximum Gasteiger partial charge on any atom is 0.240 e. The Labute approximate surface area is 109 Å². The lowest BCUT2D eigenvalue weighted by Gasteiger charge is -2.07. The molecule has 0 aromatic heterocycles. The molecule has 0 fully saturated rings. The first-order valence-corrected chi connectivity index (χ1v) is 6.98. The normalized spacial score (nSPS) is 10.9. The summed E-state index contributed by atoms with van der Waals surface area (Å²) in [5.41, 5.74) is 1.10. The Kier molecular flexibility index (Phi) is 4.46. The van der Waals surface area contributed by atoms with Crippen molar-refractivity contribution in [1.82, 2.24) is 4.72 Å². The Morgan fingerprint density at radius 3 is 2.71 bits per heavy atom. The van der Waals surface area contributed by atoms with E-state index >= 15 is 0 Å². The third-order valence-corrected chi connectivity index (χ3v) is 3.76. The Hall–Kier alpha value is -1.16. The van der Waals surface area contributed by atoms with Gasteiger partial charge in [-0.05, 0) is 30.7 Å². The van der Waals surface area contributed by atoms with Gasteiger partial charge in [-0.3, -0.25) is 0 Å². The molecule has 6 heteroatoms. The summed E-state index contributed by atoms with van der Waals surface area (Å²) >= 11 is 3.07. The van der Waals surface area contributed by atoms with Crippen molar-refractivity contribution < 1.29 is 8.42 Å². The average Bonchev–Trinajstić information content (AvgIpc) is 2.26. The molecule has 0 spiro atoms. The van der Waals surface area contributed by atoms with Crippen LogP contribution in [0.2, 0.25) is 0 Å². The number of nitrogens with one attached hydrogen (secondary N) is 1. The molecule has 0 aliphatic rings. The highest BCUT2D eigenvalue weighted by Gasteiger charge is 2.14. The van der Waals surface area contributed by atoms with Crippen molar-refractivity contribution in [1.29, 1.82) is 5.26 Å². The minimum Gasteiger partial charge on any atom is -0.207 e. The van der Waals surface area contributed by atoms with Gasteiger partial charge < -0.3 is 0 Å². The quantitative estimate of drug-likeness (QED) is 0.924. The second kappa shape index (κ2) is 5.45. The number of hydrogen-bond acceptors (Lipinski definition) is 3. The Morgan fingerprint density at radius 2 is 2.24 bits per heavy atom. The van der Waals surface area contributed by atoms with Crippen molar-refractivity contribution in [3.8, 4) is 6.07 Å². The fourth-order valence-corrected chi connectivity index (χ4v) is 2.62. The van der Waals surface area contributed by atoms with E-state index < -0.39 is 10.0 Å². The molecule has 0 saturated heterocycles. The molecule has 90 valence electrons. The third kappa shape index (κ3) is 3.66. The molecule has 0 bridgehead atoms. The van der Waals surface area contributed by atoms with Crippen LogP contribution in [0.25, 0.3) is 0 Å². The maximum absolute atomic E-state index is 11.8. The van der Waals surface area contributed by atoms with E-state index in [-0.39, 0.29) is 11.4 Å². The summed E-state index contributed by atoms with van der Waals surface area (Å²) in [7, 11) is -3.55. The van der Waals surface area contributed by atoms with Gasteiger partial charge in [-0.25, -0.2) is 13.1 Å². The Bertz CT molecular complexity index is 588. The summed E-state index contributed by atoms with van der Waals surface area (Å²) in [4.78, 5) is 0.141. The average molecular weight is 315 g/mol. The van der Waals surface area contributed by atoms with Gasteiger partial charge in [0.15, 0.2) is 0 Å². The van der Waals surface area contributed by atoms with E-state index in [2.05, 4.69) is 27.2 Å². The summed E-state index contributed by atoms with van der Waals surface area (Å²) in [6, 6.07) is 6.36. The molecule has 0 amide bonds. The number of halogens is 1. The van der Waals surface area contributed by atoms with Crippen molar-refractivity contribution in [3.63, 3.8) is 0 Å². The third-order valence-electron chi connectivity index (χ3n) is 2.08. The molecule has 1 N–H and O–H groups in total. The smallest absolute Gasteiger partial charge is 0.207 e. The van der Waals surface area contributed by atoms with Crippen molar-refractivity contribution in [2.45, 2.75) is 11.8 Å². The molecule has 17 heavy (non-hydrogen) atoms. The van der Waals surface area contributed by atoms with E-state index in [1.165, 1.54) is 18.2 Å². The van der Waals surface area contributed by atoms with Gasteiger partial charge in [-0.2, -0.15) is 5.26 Å². The zero-order chi connectivity index (χ0) is 13.1. The second-order valence-corrected chi connectivity index (χ2v) is 6.32. The number of benzene rings is 1. The molecule has 0 unspecified atom stereocenters. The summed E-state index contributed by atoms with van der Waals surface area (Å²) in [6.07, 6.45) is 0. The molecule has 1 aromatic carbocycles. The van der Waals surface area contributed by atoms with Crippen LogP contribution in [-0.2, 0) is 10.0 Å². The zero-order valence-corrected chi connectivity index (χ0v) is 11.6. The highest BCUT2D eigenvalue weighted by atomic mass is 79.9. The fraction of sp³-hybridized carbons (Fsp3) is 0.182. The first kappa shape index (κ1) is 13.9. The largest absolute Gasteiger partial charge is 0.240 e. The van der Waals surface area contributed by atoms with Crippen molar-refractivity contribution in [2.75, 3.05) is 6.54 Å². The van der Waals surface area contributed by atoms with Crippen molar-refractivity contribution >= 4 is 26.0 Å². The lowest BCUT2D eigenvalue weighted by Crippen LogP contribution is -2.24. The van der Waals surface area contributed by atoms with Crippen molar-refractivity contribution in [3.05, 3.63) is 40.4 Å². The molecule has 0 atom stereocenters. The predicted octanol–water partition coefficient (Wildman–Crippen LogP) is 2.05. The van der Waals surface area contributed by atoms with Crippen LogP contribution in [0.15, 0.2) is 34.2 Å². The topological polar surface area (TPSA) is 70.0 Å². The number of sulfonamides is 1. The minimum atomic E-state index is -3.55. The molecular weight excluding hydrogens is 304 g/mol. The van der Waals surface area contributed by atoms with E-state index in [1.54, 1.807) is 6.92 Å². The van der Waals surface area contributed by atoms with Gasteiger partial charge in [0, 0.05) is 11.0 Å². The van der Waals surface area contributed by atoms with Crippen LogP contribution >= 0.6 is 15.9 Å². The number of hydrogen-bond donors (Lipinski definition) is 1. The summed E-state index contributed by atoms with van der Waals surface area (Å²) < 4.78 is 26.6.